The Kier molecular flexibility index (Phi) is 3.50. The first-order chi connectivity index (χ1) is 15.4. The average Bonchev–Trinajstić information content (AvgIpc) is 3.30. The molecule has 0 radical (unpaired) electrons. The monoisotopic (exact) mass is 428 g/mol. The maximum atomic E-state index is 12.7. The minimum atomic E-state index is -0.963. The summed E-state index contributed by atoms with van der Waals surface area (Å²) in [5.41, 5.74) is 5.35. The Morgan fingerprint density at radius 1 is 1.25 bits per heavy atom. The molecular weight excluding hydrogens is 400 g/mol. The summed E-state index contributed by atoms with van der Waals surface area (Å²) in [7, 11) is 0. The molecule has 32 heavy (non-hydrogen) atoms. The molecule has 2 aliphatic heterocycles. The Balaban J connectivity index is 1.51. The van der Waals surface area contributed by atoms with Crippen LogP contribution >= 0.6 is 0 Å². The zero-order valence-electron chi connectivity index (χ0n) is 18.5. The van der Waals surface area contributed by atoms with Crippen molar-refractivity contribution in [3.63, 3.8) is 0 Å². The molecule has 3 heterocycles. The quantitative estimate of drug-likeness (QED) is 0.537. The molecule has 2 aliphatic carbocycles. The number of likely N-dealkylation sites (tertiary alicyclic amines) is 1. The van der Waals surface area contributed by atoms with Crippen molar-refractivity contribution in [2.45, 2.75) is 56.3 Å². The highest BCUT2D eigenvalue weighted by atomic mass is 16.5. The second-order valence-corrected chi connectivity index (χ2v) is 10.3. The van der Waals surface area contributed by atoms with E-state index in [0.717, 1.165) is 53.7 Å². The Morgan fingerprint density at radius 2 is 2.09 bits per heavy atom. The van der Waals surface area contributed by atoms with E-state index in [2.05, 4.69) is 48.0 Å². The number of H-pyrrole nitrogens is 1. The summed E-state index contributed by atoms with van der Waals surface area (Å²) in [5, 5.41) is 24.6. The summed E-state index contributed by atoms with van der Waals surface area (Å²) >= 11 is 0. The van der Waals surface area contributed by atoms with Gasteiger partial charge in [-0.15, -0.1) is 0 Å². The van der Waals surface area contributed by atoms with Crippen molar-refractivity contribution in [1.82, 2.24) is 9.88 Å². The van der Waals surface area contributed by atoms with E-state index < -0.39 is 11.0 Å². The standard InChI is InChI=1S/C27H28N2O3/c1-15(2)9-11-29-12-10-26-22-16-7-8-20(30)24(22)32-25(26)23-18(14-27(26,31)21(29)13-16)17-5-3-4-6-19(17)28-23/h3-9,21,25,28,30-31H,10-14H2,1-2H3/t21?,25-,26-,27+/m0/s1. The molecular formula is C27H28N2O3. The highest BCUT2D eigenvalue weighted by Gasteiger charge is 2.72. The van der Waals surface area contributed by atoms with E-state index in [1.165, 1.54) is 11.1 Å². The summed E-state index contributed by atoms with van der Waals surface area (Å²) in [6.07, 6.45) is 4.11. The maximum absolute atomic E-state index is 12.7. The molecule has 1 fully saturated rings. The number of para-hydroxylation sites is 1. The number of aliphatic hydroxyl groups is 1. The molecule has 3 N–H and O–H groups in total. The highest BCUT2D eigenvalue weighted by Crippen LogP contribution is 2.68. The predicted octanol–water partition coefficient (Wildman–Crippen LogP) is 4.13. The molecule has 5 nitrogen and oxygen atoms in total. The fourth-order valence-electron chi connectivity index (χ4n) is 7.24. The van der Waals surface area contributed by atoms with Crippen LogP contribution in [0.15, 0.2) is 48.0 Å². The van der Waals surface area contributed by atoms with Crippen LogP contribution in [0, 0.1) is 0 Å². The lowest BCUT2D eigenvalue weighted by Gasteiger charge is -2.62. The Labute approximate surface area is 187 Å². The van der Waals surface area contributed by atoms with Gasteiger partial charge in [0.15, 0.2) is 17.6 Å². The van der Waals surface area contributed by atoms with Gasteiger partial charge < -0.3 is 19.9 Å². The number of aromatic amines is 1. The molecule has 2 aromatic carbocycles. The molecule has 7 rings (SSSR count). The largest absolute Gasteiger partial charge is 0.504 e. The highest BCUT2D eigenvalue weighted by molar-refractivity contribution is 5.86. The number of rotatable bonds is 2. The molecule has 5 heteroatoms. The van der Waals surface area contributed by atoms with E-state index in [0.29, 0.717) is 12.2 Å². The van der Waals surface area contributed by atoms with Crippen molar-refractivity contribution in [1.29, 1.82) is 0 Å². The van der Waals surface area contributed by atoms with Crippen molar-refractivity contribution < 1.29 is 14.9 Å². The molecule has 1 aromatic heterocycles. The molecule has 4 atom stereocenters. The van der Waals surface area contributed by atoms with Gasteiger partial charge in [-0.25, -0.2) is 0 Å². The van der Waals surface area contributed by atoms with E-state index in [1.54, 1.807) is 6.07 Å². The lowest BCUT2D eigenvalue weighted by atomic mass is 9.49. The fourth-order valence-corrected chi connectivity index (χ4v) is 7.24. The normalized spacial score (nSPS) is 31.7. The van der Waals surface area contributed by atoms with E-state index in [-0.39, 0.29) is 17.9 Å². The van der Waals surface area contributed by atoms with Gasteiger partial charge in [-0.05, 0) is 49.9 Å². The van der Waals surface area contributed by atoms with E-state index in [4.69, 9.17) is 4.74 Å². The first-order valence-electron chi connectivity index (χ1n) is 11.7. The average molecular weight is 429 g/mol. The van der Waals surface area contributed by atoms with E-state index in [1.807, 2.05) is 12.1 Å². The second kappa shape index (κ2) is 5.97. The Hall–Kier alpha value is -2.76. The molecule has 1 unspecified atom stereocenters. The topological polar surface area (TPSA) is 68.7 Å². The van der Waals surface area contributed by atoms with Crippen LogP contribution in [0.2, 0.25) is 0 Å². The number of aromatic hydroxyl groups is 1. The third-order valence-corrected chi connectivity index (χ3v) is 8.61. The van der Waals surface area contributed by atoms with Crippen LogP contribution in [0.1, 0.15) is 48.8 Å². The summed E-state index contributed by atoms with van der Waals surface area (Å²) in [6.45, 7) is 6.01. The van der Waals surface area contributed by atoms with Gasteiger partial charge in [0.1, 0.15) is 0 Å². The van der Waals surface area contributed by atoms with Gasteiger partial charge in [-0.3, -0.25) is 4.90 Å². The smallest absolute Gasteiger partial charge is 0.166 e. The maximum Gasteiger partial charge on any atom is 0.166 e. The molecule has 3 aromatic rings. The zero-order chi connectivity index (χ0) is 21.8. The minimum absolute atomic E-state index is 0.00255. The van der Waals surface area contributed by atoms with E-state index in [9.17, 15) is 10.2 Å². The number of hydrogen-bond donors (Lipinski definition) is 3. The first kappa shape index (κ1) is 18.8. The molecule has 0 amide bonds. The summed E-state index contributed by atoms with van der Waals surface area (Å²) in [5.74, 6) is 0.756. The van der Waals surface area contributed by atoms with Crippen LogP contribution < -0.4 is 4.74 Å². The molecule has 2 bridgehead atoms. The second-order valence-electron chi connectivity index (χ2n) is 10.3. The summed E-state index contributed by atoms with van der Waals surface area (Å²) < 4.78 is 6.59. The van der Waals surface area contributed by atoms with Crippen LogP contribution in [-0.4, -0.2) is 44.8 Å². The number of ether oxygens (including phenoxy) is 1. The third kappa shape index (κ3) is 2.02. The number of aromatic nitrogens is 1. The third-order valence-electron chi connectivity index (χ3n) is 8.61. The summed E-state index contributed by atoms with van der Waals surface area (Å²) in [6, 6.07) is 12.1. The number of allylic oxidation sites excluding steroid dienone is 1. The number of piperidine rings is 1. The van der Waals surface area contributed by atoms with Crippen LogP contribution in [-0.2, 0) is 18.3 Å². The molecule has 1 saturated heterocycles. The predicted molar refractivity (Wildman–Crippen MR) is 123 cm³/mol. The van der Waals surface area contributed by atoms with Gasteiger partial charge in [0, 0.05) is 42.0 Å². The van der Waals surface area contributed by atoms with Crippen molar-refractivity contribution in [2.24, 2.45) is 0 Å². The van der Waals surface area contributed by atoms with Crippen molar-refractivity contribution in [3.05, 3.63) is 70.4 Å². The van der Waals surface area contributed by atoms with Gasteiger partial charge in [0.25, 0.3) is 0 Å². The number of nitrogens with zero attached hydrogens (tertiary/aromatic N) is 1. The van der Waals surface area contributed by atoms with Crippen LogP contribution in [0.25, 0.3) is 10.9 Å². The van der Waals surface area contributed by atoms with Crippen molar-refractivity contribution >= 4 is 10.9 Å². The Morgan fingerprint density at radius 3 is 2.94 bits per heavy atom. The lowest BCUT2D eigenvalue weighted by Crippen LogP contribution is -2.74. The fraction of sp³-hybridized carbons (Fsp3) is 0.407. The molecule has 164 valence electrons. The molecule has 0 saturated carbocycles. The number of phenols is 1. The molecule has 1 spiro atoms. The number of benzene rings is 2. The first-order valence-corrected chi connectivity index (χ1v) is 11.7. The van der Waals surface area contributed by atoms with Crippen molar-refractivity contribution in [3.8, 4) is 11.5 Å². The van der Waals surface area contributed by atoms with Crippen LogP contribution in [0.5, 0.6) is 11.5 Å². The number of phenolic OH excluding ortho intramolecular Hbond substituents is 1. The lowest BCUT2D eigenvalue weighted by molar-refractivity contribution is -0.170. The Bertz CT molecular complexity index is 1320. The van der Waals surface area contributed by atoms with Crippen LogP contribution in [0.3, 0.4) is 0 Å². The van der Waals surface area contributed by atoms with Crippen molar-refractivity contribution in [2.75, 3.05) is 13.1 Å². The molecule has 4 aliphatic rings. The van der Waals surface area contributed by atoms with Gasteiger partial charge in [0.2, 0.25) is 0 Å². The van der Waals surface area contributed by atoms with Crippen LogP contribution in [0.4, 0.5) is 0 Å². The zero-order valence-corrected chi connectivity index (χ0v) is 18.5. The van der Waals surface area contributed by atoms with Gasteiger partial charge in [0.05, 0.1) is 16.7 Å². The number of nitrogens with one attached hydrogen (secondary N) is 1. The van der Waals surface area contributed by atoms with Gasteiger partial charge >= 0.3 is 0 Å². The number of hydrogen-bond acceptors (Lipinski definition) is 4. The summed E-state index contributed by atoms with van der Waals surface area (Å²) in [4.78, 5) is 6.09. The number of fused-ring (bicyclic) bond motifs is 4. The van der Waals surface area contributed by atoms with Gasteiger partial charge in [-0.2, -0.15) is 0 Å². The van der Waals surface area contributed by atoms with E-state index >= 15 is 0 Å². The SMILES string of the molecule is CC(C)=CCN1CC[C@]23c4c5ccc(O)c4O[C@H]2c2[nH]c4ccccc4c2C[C@@]3(O)C1C5. The van der Waals surface area contributed by atoms with Gasteiger partial charge in [-0.1, -0.05) is 35.9 Å². The minimum Gasteiger partial charge on any atom is -0.504 e.